The number of esters is 1. The second kappa shape index (κ2) is 10.6. The second-order valence-electron chi connectivity index (χ2n) is 7.45. The van der Waals surface area contributed by atoms with Crippen LogP contribution in [0.2, 0.25) is 0 Å². The maximum Gasteiger partial charge on any atom is 0.308 e. The van der Waals surface area contributed by atoms with Crippen LogP contribution in [0, 0.1) is 0 Å². The molecule has 0 radical (unpaired) electrons. The SMILES string of the molecule is CCc1ccc(O[C@@H](C)C(=O)N2CCNC(=O)[C@@H]2CC(=O)OCc2ccccc2)cc1. The smallest absolute Gasteiger partial charge is 0.308 e. The van der Waals surface area contributed by atoms with E-state index in [0.29, 0.717) is 18.8 Å². The van der Waals surface area contributed by atoms with Gasteiger partial charge < -0.3 is 19.7 Å². The highest BCUT2D eigenvalue weighted by Crippen LogP contribution is 2.18. The minimum Gasteiger partial charge on any atom is -0.481 e. The van der Waals surface area contributed by atoms with E-state index in [1.807, 2.05) is 54.6 Å². The Hall–Kier alpha value is -3.35. The van der Waals surface area contributed by atoms with Gasteiger partial charge in [0.05, 0.1) is 6.42 Å². The monoisotopic (exact) mass is 424 g/mol. The Kier molecular flexibility index (Phi) is 7.65. The zero-order valence-electron chi connectivity index (χ0n) is 17.9. The number of rotatable bonds is 8. The van der Waals surface area contributed by atoms with Gasteiger partial charge in [-0.15, -0.1) is 0 Å². The number of nitrogens with zero attached hydrogens (tertiary/aromatic N) is 1. The standard InChI is InChI=1S/C24H28N2O5/c1-3-18-9-11-20(12-10-18)31-17(2)24(29)26-14-13-25-23(28)21(26)15-22(27)30-16-19-7-5-4-6-8-19/h4-12,17,21H,3,13-16H2,1-2H3,(H,25,28)/t17-,21-/m0/s1. The van der Waals surface area contributed by atoms with Gasteiger partial charge in [0.1, 0.15) is 18.4 Å². The van der Waals surface area contributed by atoms with E-state index < -0.39 is 18.1 Å². The molecular formula is C24H28N2O5. The van der Waals surface area contributed by atoms with Gasteiger partial charge in [0, 0.05) is 13.1 Å². The number of carbonyl (C=O) groups excluding carboxylic acids is 3. The summed E-state index contributed by atoms with van der Waals surface area (Å²) in [5.41, 5.74) is 2.03. The first kappa shape index (κ1) is 22.3. The molecule has 3 rings (SSSR count). The van der Waals surface area contributed by atoms with E-state index in [4.69, 9.17) is 9.47 Å². The van der Waals surface area contributed by atoms with Crippen LogP contribution in [-0.2, 0) is 32.1 Å². The molecule has 0 aromatic heterocycles. The second-order valence-corrected chi connectivity index (χ2v) is 7.45. The quantitative estimate of drug-likeness (QED) is 0.658. The molecule has 0 spiro atoms. The Bertz CT molecular complexity index is 898. The lowest BCUT2D eigenvalue weighted by atomic mass is 10.1. The van der Waals surface area contributed by atoms with Crippen LogP contribution in [0.25, 0.3) is 0 Å². The van der Waals surface area contributed by atoms with Crippen LogP contribution >= 0.6 is 0 Å². The summed E-state index contributed by atoms with van der Waals surface area (Å²) in [5, 5.41) is 2.72. The van der Waals surface area contributed by atoms with Gasteiger partial charge in [0.15, 0.2) is 6.10 Å². The third kappa shape index (κ3) is 6.07. The highest BCUT2D eigenvalue weighted by molar-refractivity contribution is 5.93. The van der Waals surface area contributed by atoms with Crippen LogP contribution in [0.15, 0.2) is 54.6 Å². The minimum absolute atomic E-state index is 0.120. The molecule has 1 saturated heterocycles. The number of carbonyl (C=O) groups is 3. The van der Waals surface area contributed by atoms with Gasteiger partial charge in [0.2, 0.25) is 5.91 Å². The molecule has 2 aromatic rings. The van der Waals surface area contributed by atoms with Crippen molar-refractivity contribution in [1.29, 1.82) is 0 Å². The van der Waals surface area contributed by atoms with Gasteiger partial charge in [-0.05, 0) is 36.6 Å². The summed E-state index contributed by atoms with van der Waals surface area (Å²) in [5.74, 6) is -0.656. The average molecular weight is 424 g/mol. The Morgan fingerprint density at radius 3 is 2.48 bits per heavy atom. The molecule has 1 N–H and O–H groups in total. The van der Waals surface area contributed by atoms with Crippen LogP contribution < -0.4 is 10.1 Å². The van der Waals surface area contributed by atoms with Crippen LogP contribution in [0.3, 0.4) is 0 Å². The van der Waals surface area contributed by atoms with Gasteiger partial charge in [-0.25, -0.2) is 0 Å². The molecule has 0 aliphatic carbocycles. The lowest BCUT2D eigenvalue weighted by Gasteiger charge is -2.36. The fraction of sp³-hybridized carbons (Fsp3) is 0.375. The number of piperazine rings is 1. The topological polar surface area (TPSA) is 84.9 Å². The molecule has 0 unspecified atom stereocenters. The first-order valence-corrected chi connectivity index (χ1v) is 10.5. The maximum absolute atomic E-state index is 13.0. The van der Waals surface area contributed by atoms with Gasteiger partial charge >= 0.3 is 5.97 Å². The number of nitrogens with one attached hydrogen (secondary N) is 1. The van der Waals surface area contributed by atoms with Gasteiger partial charge in [-0.3, -0.25) is 14.4 Å². The third-order valence-electron chi connectivity index (χ3n) is 5.21. The molecule has 0 bridgehead atoms. The largest absolute Gasteiger partial charge is 0.481 e. The summed E-state index contributed by atoms with van der Waals surface area (Å²) < 4.78 is 11.1. The van der Waals surface area contributed by atoms with E-state index in [1.165, 1.54) is 10.5 Å². The fourth-order valence-corrected chi connectivity index (χ4v) is 3.43. The number of benzene rings is 2. The summed E-state index contributed by atoms with van der Waals surface area (Å²) in [7, 11) is 0. The average Bonchev–Trinajstić information content (AvgIpc) is 2.79. The first-order chi connectivity index (χ1) is 15.0. The lowest BCUT2D eigenvalue weighted by Crippen LogP contribution is -2.60. The van der Waals surface area contributed by atoms with Crippen molar-refractivity contribution >= 4 is 17.8 Å². The normalized spacial score (nSPS) is 16.9. The molecule has 1 aliphatic heterocycles. The van der Waals surface area contributed by atoms with Crippen LogP contribution in [0.4, 0.5) is 0 Å². The molecule has 1 fully saturated rings. The Balaban J connectivity index is 1.60. The summed E-state index contributed by atoms with van der Waals surface area (Å²) in [6.45, 7) is 4.47. The van der Waals surface area contributed by atoms with E-state index in [2.05, 4.69) is 12.2 Å². The van der Waals surface area contributed by atoms with E-state index in [9.17, 15) is 14.4 Å². The zero-order valence-corrected chi connectivity index (χ0v) is 17.9. The van der Waals surface area contributed by atoms with E-state index in [-0.39, 0.29) is 24.8 Å². The molecule has 2 aromatic carbocycles. The van der Waals surface area contributed by atoms with Gasteiger partial charge in [-0.1, -0.05) is 49.4 Å². The number of ether oxygens (including phenoxy) is 2. The minimum atomic E-state index is -0.918. The molecule has 7 nitrogen and oxygen atoms in total. The number of hydrogen-bond donors (Lipinski definition) is 1. The first-order valence-electron chi connectivity index (χ1n) is 10.5. The number of aryl methyl sites for hydroxylation is 1. The number of hydrogen-bond acceptors (Lipinski definition) is 5. The maximum atomic E-state index is 13.0. The predicted octanol–water partition coefficient (Wildman–Crippen LogP) is 2.48. The Morgan fingerprint density at radius 1 is 1.10 bits per heavy atom. The molecule has 1 heterocycles. The van der Waals surface area contributed by atoms with E-state index in [0.717, 1.165) is 12.0 Å². The summed E-state index contributed by atoms with van der Waals surface area (Å²) in [6.07, 6.45) is -0.0802. The van der Waals surface area contributed by atoms with Crippen molar-refractivity contribution in [3.63, 3.8) is 0 Å². The molecule has 2 amide bonds. The Labute approximate surface area is 182 Å². The molecule has 1 aliphatic rings. The van der Waals surface area contributed by atoms with Crippen molar-refractivity contribution in [3.8, 4) is 5.75 Å². The van der Waals surface area contributed by atoms with Crippen molar-refractivity contribution in [3.05, 3.63) is 65.7 Å². The molecule has 164 valence electrons. The van der Waals surface area contributed by atoms with Gasteiger partial charge in [-0.2, -0.15) is 0 Å². The highest BCUT2D eigenvalue weighted by atomic mass is 16.5. The zero-order chi connectivity index (χ0) is 22.2. The summed E-state index contributed by atoms with van der Waals surface area (Å²) in [6, 6.07) is 15.9. The fourth-order valence-electron chi connectivity index (χ4n) is 3.43. The highest BCUT2D eigenvalue weighted by Gasteiger charge is 2.37. The molecule has 7 heteroatoms. The van der Waals surface area contributed by atoms with Crippen LogP contribution in [0.1, 0.15) is 31.4 Å². The van der Waals surface area contributed by atoms with Crippen molar-refractivity contribution in [2.45, 2.75) is 45.4 Å². The van der Waals surface area contributed by atoms with Crippen molar-refractivity contribution in [2.75, 3.05) is 13.1 Å². The van der Waals surface area contributed by atoms with Crippen LogP contribution in [0.5, 0.6) is 5.75 Å². The number of amides is 2. The predicted molar refractivity (Wildman–Crippen MR) is 115 cm³/mol. The molecule has 2 atom stereocenters. The molecular weight excluding hydrogens is 396 g/mol. The van der Waals surface area contributed by atoms with Crippen molar-refractivity contribution < 1.29 is 23.9 Å². The summed E-state index contributed by atoms with van der Waals surface area (Å²) in [4.78, 5) is 39.2. The summed E-state index contributed by atoms with van der Waals surface area (Å²) >= 11 is 0. The van der Waals surface area contributed by atoms with Crippen LogP contribution in [-0.4, -0.2) is 47.9 Å². The van der Waals surface area contributed by atoms with E-state index >= 15 is 0 Å². The van der Waals surface area contributed by atoms with Crippen molar-refractivity contribution in [2.24, 2.45) is 0 Å². The Morgan fingerprint density at radius 2 is 1.81 bits per heavy atom. The van der Waals surface area contributed by atoms with Gasteiger partial charge in [0.25, 0.3) is 5.91 Å². The van der Waals surface area contributed by atoms with Crippen molar-refractivity contribution in [1.82, 2.24) is 10.2 Å². The molecule has 31 heavy (non-hydrogen) atoms. The van der Waals surface area contributed by atoms with E-state index in [1.54, 1.807) is 6.92 Å². The molecule has 0 saturated carbocycles. The third-order valence-corrected chi connectivity index (χ3v) is 5.21. The lowest BCUT2D eigenvalue weighted by molar-refractivity contribution is -0.154.